The smallest absolute Gasteiger partial charge is 0.308 e. The van der Waals surface area contributed by atoms with Crippen molar-refractivity contribution in [2.45, 2.75) is 44.3 Å². The zero-order valence-electron chi connectivity index (χ0n) is 7.82. The molecule has 0 radical (unpaired) electrons. The number of ether oxygens (including phenoxy) is 1. The van der Waals surface area contributed by atoms with Gasteiger partial charge in [0.1, 0.15) is 6.10 Å². The monoisotopic (exact) mass is 188 g/mol. The Morgan fingerprint density at radius 3 is 2.69 bits per heavy atom. The van der Waals surface area contributed by atoms with Gasteiger partial charge in [-0.05, 0) is 26.2 Å². The van der Waals surface area contributed by atoms with E-state index in [2.05, 4.69) is 0 Å². The Morgan fingerprint density at radius 1 is 1.62 bits per heavy atom. The van der Waals surface area contributed by atoms with Gasteiger partial charge in [0.15, 0.2) is 0 Å². The summed E-state index contributed by atoms with van der Waals surface area (Å²) in [6.45, 7) is 1.40. The second-order valence-electron chi connectivity index (χ2n) is 3.84. The van der Waals surface area contributed by atoms with Crippen LogP contribution in [-0.4, -0.2) is 34.5 Å². The average Bonchev–Trinajstić information content (AvgIpc) is 2.68. The van der Waals surface area contributed by atoms with Crippen molar-refractivity contribution in [2.24, 2.45) is 0 Å². The number of aliphatic hydroxyl groups excluding tert-OH is 1. The van der Waals surface area contributed by atoms with E-state index >= 15 is 0 Å². The van der Waals surface area contributed by atoms with Crippen LogP contribution in [0.2, 0.25) is 0 Å². The van der Waals surface area contributed by atoms with Crippen molar-refractivity contribution < 1.29 is 19.7 Å². The minimum atomic E-state index is -1.14. The van der Waals surface area contributed by atoms with Crippen molar-refractivity contribution in [3.8, 4) is 0 Å². The second-order valence-corrected chi connectivity index (χ2v) is 3.84. The van der Waals surface area contributed by atoms with Crippen molar-refractivity contribution in [2.75, 3.05) is 6.61 Å². The number of rotatable bonds is 5. The van der Waals surface area contributed by atoms with Crippen molar-refractivity contribution in [1.29, 1.82) is 0 Å². The lowest BCUT2D eigenvalue weighted by molar-refractivity contribution is -0.150. The molecule has 0 heterocycles. The molecule has 0 bridgehead atoms. The Kier molecular flexibility index (Phi) is 3.27. The first-order valence-electron chi connectivity index (χ1n) is 4.56. The SMILES string of the molecule is C[C@@](O)(CCO)CC(=O)OC1CC1. The predicted octanol–water partition coefficient (Wildman–Crippen LogP) is 0.215. The molecule has 2 N–H and O–H groups in total. The van der Waals surface area contributed by atoms with Gasteiger partial charge < -0.3 is 14.9 Å². The molecule has 0 saturated heterocycles. The maximum Gasteiger partial charge on any atom is 0.308 e. The molecule has 0 aromatic rings. The molecule has 4 heteroatoms. The fraction of sp³-hybridized carbons (Fsp3) is 0.889. The average molecular weight is 188 g/mol. The molecule has 0 amide bonds. The molecular weight excluding hydrogens is 172 g/mol. The molecule has 0 aliphatic heterocycles. The molecule has 1 fully saturated rings. The molecule has 13 heavy (non-hydrogen) atoms. The van der Waals surface area contributed by atoms with Gasteiger partial charge in [-0.2, -0.15) is 0 Å². The lowest BCUT2D eigenvalue weighted by atomic mass is 9.99. The van der Waals surface area contributed by atoms with E-state index in [9.17, 15) is 9.90 Å². The summed E-state index contributed by atoms with van der Waals surface area (Å²) in [7, 11) is 0. The fourth-order valence-corrected chi connectivity index (χ4v) is 1.05. The molecule has 1 rings (SSSR count). The minimum Gasteiger partial charge on any atom is -0.462 e. The lowest BCUT2D eigenvalue weighted by Gasteiger charge is -2.20. The van der Waals surface area contributed by atoms with Crippen molar-refractivity contribution in [3.63, 3.8) is 0 Å². The van der Waals surface area contributed by atoms with Gasteiger partial charge in [-0.3, -0.25) is 4.79 Å². The third-order valence-electron chi connectivity index (χ3n) is 2.00. The van der Waals surface area contributed by atoms with E-state index in [1.807, 2.05) is 0 Å². The van der Waals surface area contributed by atoms with E-state index in [1.165, 1.54) is 6.92 Å². The molecule has 1 aliphatic rings. The summed E-state index contributed by atoms with van der Waals surface area (Å²) >= 11 is 0. The zero-order valence-corrected chi connectivity index (χ0v) is 7.82. The third kappa shape index (κ3) is 4.24. The fourth-order valence-electron chi connectivity index (χ4n) is 1.05. The van der Waals surface area contributed by atoms with Crippen LogP contribution in [-0.2, 0) is 9.53 Å². The van der Waals surface area contributed by atoms with Gasteiger partial charge in [0, 0.05) is 6.61 Å². The molecule has 1 aliphatic carbocycles. The Balaban J connectivity index is 2.23. The standard InChI is InChI=1S/C9H16O4/c1-9(12,4-5-10)6-8(11)13-7-2-3-7/h7,10,12H,2-6H2,1H3/t9-/m1/s1. The van der Waals surface area contributed by atoms with Gasteiger partial charge in [-0.1, -0.05) is 0 Å². The van der Waals surface area contributed by atoms with Crippen LogP contribution in [0.25, 0.3) is 0 Å². The summed E-state index contributed by atoms with van der Waals surface area (Å²) < 4.78 is 4.96. The summed E-state index contributed by atoms with van der Waals surface area (Å²) in [5, 5.41) is 18.2. The molecule has 0 aromatic heterocycles. The largest absolute Gasteiger partial charge is 0.462 e. The summed E-state index contributed by atoms with van der Waals surface area (Å²) in [4.78, 5) is 11.1. The molecule has 1 saturated carbocycles. The number of esters is 1. The van der Waals surface area contributed by atoms with Crippen LogP contribution < -0.4 is 0 Å². The quantitative estimate of drug-likeness (QED) is 0.605. The number of aliphatic hydroxyl groups is 2. The topological polar surface area (TPSA) is 66.8 Å². The molecule has 0 spiro atoms. The molecule has 4 nitrogen and oxygen atoms in total. The maximum atomic E-state index is 11.1. The van der Waals surface area contributed by atoms with E-state index in [-0.39, 0.29) is 31.5 Å². The van der Waals surface area contributed by atoms with Gasteiger partial charge in [-0.15, -0.1) is 0 Å². The van der Waals surface area contributed by atoms with Crippen LogP contribution in [0.15, 0.2) is 0 Å². The van der Waals surface area contributed by atoms with Gasteiger partial charge in [0.25, 0.3) is 0 Å². The minimum absolute atomic E-state index is 0.0376. The summed E-state index contributed by atoms with van der Waals surface area (Å²) in [6.07, 6.45) is 2.12. The number of hydrogen-bond acceptors (Lipinski definition) is 4. The molecule has 76 valence electrons. The van der Waals surface area contributed by atoms with Crippen molar-refractivity contribution >= 4 is 5.97 Å². The van der Waals surface area contributed by atoms with Crippen LogP contribution in [0.1, 0.15) is 32.6 Å². The van der Waals surface area contributed by atoms with E-state index in [0.29, 0.717) is 0 Å². The Labute approximate surface area is 77.5 Å². The highest BCUT2D eigenvalue weighted by atomic mass is 16.5. The van der Waals surface area contributed by atoms with Crippen molar-refractivity contribution in [3.05, 3.63) is 0 Å². The first kappa shape index (κ1) is 10.5. The van der Waals surface area contributed by atoms with Crippen LogP contribution in [0, 0.1) is 0 Å². The Morgan fingerprint density at radius 2 is 2.23 bits per heavy atom. The van der Waals surface area contributed by atoms with E-state index in [1.54, 1.807) is 0 Å². The van der Waals surface area contributed by atoms with Crippen LogP contribution >= 0.6 is 0 Å². The van der Waals surface area contributed by atoms with Crippen LogP contribution in [0.5, 0.6) is 0 Å². The highest BCUT2D eigenvalue weighted by molar-refractivity contribution is 5.71. The van der Waals surface area contributed by atoms with Gasteiger partial charge in [0.2, 0.25) is 0 Å². The summed E-state index contributed by atoms with van der Waals surface area (Å²) in [5.41, 5.74) is -1.14. The maximum absolute atomic E-state index is 11.1. The third-order valence-corrected chi connectivity index (χ3v) is 2.00. The lowest BCUT2D eigenvalue weighted by Crippen LogP contribution is -2.30. The zero-order chi connectivity index (χ0) is 9.90. The molecule has 1 atom stereocenters. The molecule has 0 unspecified atom stereocenters. The normalized spacial score (nSPS) is 20.8. The number of carbonyl (C=O) groups is 1. The number of carbonyl (C=O) groups excluding carboxylic acids is 1. The predicted molar refractivity (Wildman–Crippen MR) is 46.1 cm³/mol. The first-order valence-corrected chi connectivity index (χ1v) is 4.56. The van der Waals surface area contributed by atoms with E-state index in [0.717, 1.165) is 12.8 Å². The van der Waals surface area contributed by atoms with Crippen LogP contribution in [0.3, 0.4) is 0 Å². The van der Waals surface area contributed by atoms with Gasteiger partial charge >= 0.3 is 5.97 Å². The second kappa shape index (κ2) is 4.07. The Bertz CT molecular complexity index is 184. The van der Waals surface area contributed by atoms with E-state index < -0.39 is 5.60 Å². The van der Waals surface area contributed by atoms with E-state index in [4.69, 9.17) is 9.84 Å². The highest BCUT2D eigenvalue weighted by Crippen LogP contribution is 2.25. The van der Waals surface area contributed by atoms with Crippen LogP contribution in [0.4, 0.5) is 0 Å². The van der Waals surface area contributed by atoms with Gasteiger partial charge in [0.05, 0.1) is 12.0 Å². The number of hydrogen-bond donors (Lipinski definition) is 2. The highest BCUT2D eigenvalue weighted by Gasteiger charge is 2.30. The van der Waals surface area contributed by atoms with Crippen molar-refractivity contribution in [1.82, 2.24) is 0 Å². The summed E-state index contributed by atoms with van der Waals surface area (Å²) in [6, 6.07) is 0. The molecule has 0 aromatic carbocycles. The summed E-state index contributed by atoms with van der Waals surface area (Å²) in [5.74, 6) is -0.374. The Hall–Kier alpha value is -0.610. The van der Waals surface area contributed by atoms with Gasteiger partial charge in [-0.25, -0.2) is 0 Å². The first-order chi connectivity index (χ1) is 6.03. The molecular formula is C9H16O4.